The van der Waals surface area contributed by atoms with Crippen molar-refractivity contribution in [2.75, 3.05) is 0 Å². The van der Waals surface area contributed by atoms with Crippen LogP contribution >= 0.6 is 0 Å². The van der Waals surface area contributed by atoms with E-state index in [0.717, 1.165) is 0 Å². The monoisotopic (exact) mass is 330 g/mol. The third kappa shape index (κ3) is 118. The first-order chi connectivity index (χ1) is 0. The average Bonchev–Trinajstić information content (AvgIpc) is 0. The molecule has 0 bridgehead atoms. The van der Waals surface area contributed by atoms with Crippen LogP contribution in [0.5, 0.6) is 0 Å². The minimum Gasteiger partial charge on any atom is -1.00 e. The van der Waals surface area contributed by atoms with Crippen molar-refractivity contribution in [3.63, 3.8) is 0 Å². The van der Waals surface area contributed by atoms with Crippen LogP contribution < -0.4 is 296 Å². The molecular weight excluding hydrogens is 310 g/mol. The Hall–Kier alpha value is 9.80. The summed E-state index contributed by atoms with van der Waals surface area (Å²) in [6.07, 6.45) is 0. The van der Waals surface area contributed by atoms with E-state index in [4.69, 9.17) is 0 Å². The fourth-order valence-corrected chi connectivity index (χ4v) is 0. The van der Waals surface area contributed by atoms with Gasteiger partial charge in [0.15, 0.2) is 0 Å². The fraction of sp³-hybridized carbons (Fsp3) is 0. The van der Waals surface area contributed by atoms with Crippen molar-refractivity contribution in [2.45, 2.75) is 0 Å². The van der Waals surface area contributed by atoms with E-state index in [1.807, 2.05) is 0 Å². The Morgan fingerprint density at radius 1 is 0.200 bits per heavy atom. The first-order valence-corrected chi connectivity index (χ1v) is 0. The maximum atomic E-state index is 0. The maximum Gasteiger partial charge on any atom is 1.00 e. The van der Waals surface area contributed by atoms with Crippen LogP contribution in [0.3, 0.4) is 0 Å². The van der Waals surface area contributed by atoms with E-state index in [1.54, 1.807) is 0 Å². The Bertz CT molecular complexity index is 38.0. The molecule has 0 aromatic heterocycles. The number of hydrogen-bond acceptors (Lipinski definition) is 0. The molecule has 15 heavy (non-hydrogen) atoms. The summed E-state index contributed by atoms with van der Waals surface area (Å²) in [5.74, 6) is 0. The normalized spacial score (nSPS) is 0. The molecule has 0 aromatic rings. The second-order valence-corrected chi connectivity index (χ2v) is 0. The van der Waals surface area contributed by atoms with Gasteiger partial charge in [0.25, 0.3) is 0 Å². The number of hydrogen-bond donors (Lipinski definition) is 0. The SMILES string of the molecule is O.O.O.O.O.[H-].[H-].[H-].[H-].[H-].[H-].[H-].[H-].[H-].[H-].[Na+].[Na+].[Na+].[Na+].[Na+].[Na+].[Na+].[Na+].[Na+].[Na+]. The molecule has 0 rings (SSSR count). The fourth-order valence-electron chi connectivity index (χ4n) is 0. The van der Waals surface area contributed by atoms with Gasteiger partial charge in [-0.1, -0.05) is 0 Å². The van der Waals surface area contributed by atoms with E-state index < -0.39 is 0 Å². The van der Waals surface area contributed by atoms with Crippen LogP contribution in [0, 0.1) is 0 Å². The van der Waals surface area contributed by atoms with Gasteiger partial charge >= 0.3 is 296 Å². The van der Waals surface area contributed by atoms with Gasteiger partial charge in [-0.15, -0.1) is 0 Å². The first-order valence-electron chi connectivity index (χ1n) is 0. The molecule has 0 saturated heterocycles. The van der Waals surface area contributed by atoms with E-state index in [0.29, 0.717) is 0 Å². The van der Waals surface area contributed by atoms with Crippen LogP contribution in [-0.4, -0.2) is 27.4 Å². The Balaban J connectivity index is 0. The van der Waals surface area contributed by atoms with Crippen molar-refractivity contribution in [1.29, 1.82) is 0 Å². The maximum absolute atomic E-state index is 0. The van der Waals surface area contributed by atoms with Crippen molar-refractivity contribution in [3.8, 4) is 0 Å². The molecule has 60 valence electrons. The molecule has 0 aliphatic heterocycles. The van der Waals surface area contributed by atoms with Crippen molar-refractivity contribution >= 4 is 0 Å². The van der Waals surface area contributed by atoms with Crippen LogP contribution in [0.25, 0.3) is 0 Å². The average molecular weight is 330 g/mol. The van der Waals surface area contributed by atoms with Crippen molar-refractivity contribution in [3.05, 3.63) is 0 Å². The van der Waals surface area contributed by atoms with E-state index in [9.17, 15) is 0 Å². The summed E-state index contributed by atoms with van der Waals surface area (Å²) >= 11 is 0. The third-order valence-corrected chi connectivity index (χ3v) is 0. The summed E-state index contributed by atoms with van der Waals surface area (Å²) in [7, 11) is 0. The van der Waals surface area contributed by atoms with E-state index in [1.165, 1.54) is 0 Å². The molecule has 0 spiro atoms. The first kappa shape index (κ1) is 146. The molecule has 0 radical (unpaired) electrons. The van der Waals surface area contributed by atoms with Crippen molar-refractivity contribution in [1.82, 2.24) is 0 Å². The van der Waals surface area contributed by atoms with Gasteiger partial charge in [-0.05, 0) is 0 Å². The zero-order valence-electron chi connectivity index (χ0n) is 22.5. The van der Waals surface area contributed by atoms with E-state index in [2.05, 4.69) is 0 Å². The van der Waals surface area contributed by atoms with Gasteiger partial charge in [0, 0.05) is 0 Å². The molecule has 0 amide bonds. The summed E-state index contributed by atoms with van der Waals surface area (Å²) in [5.41, 5.74) is 0. The molecule has 10 N–H and O–H groups in total. The molecule has 0 saturated carbocycles. The topological polar surface area (TPSA) is 158 Å². The van der Waals surface area contributed by atoms with Crippen molar-refractivity contribution in [2.24, 2.45) is 0 Å². The molecule has 15 heteroatoms. The van der Waals surface area contributed by atoms with Gasteiger partial charge in [-0.2, -0.15) is 0 Å². The van der Waals surface area contributed by atoms with Crippen molar-refractivity contribution < 1.29 is 337 Å². The quantitative estimate of drug-likeness (QED) is 0.387. The summed E-state index contributed by atoms with van der Waals surface area (Å²) in [5, 5.41) is 0. The Morgan fingerprint density at radius 2 is 0.200 bits per heavy atom. The smallest absolute Gasteiger partial charge is 1.00 e. The van der Waals surface area contributed by atoms with Gasteiger partial charge in [-0.25, -0.2) is 0 Å². The van der Waals surface area contributed by atoms with Gasteiger partial charge in [0.05, 0.1) is 0 Å². The molecule has 0 aliphatic carbocycles. The molecule has 0 unspecified atom stereocenters. The number of rotatable bonds is 0. The van der Waals surface area contributed by atoms with Gasteiger partial charge in [0.2, 0.25) is 0 Å². The Kier molecular flexibility index (Phi) is 1260. The zero-order chi connectivity index (χ0) is 0. The molecule has 0 atom stereocenters. The van der Waals surface area contributed by atoms with E-state index in [-0.39, 0.29) is 337 Å². The summed E-state index contributed by atoms with van der Waals surface area (Å²) in [4.78, 5) is 0. The predicted octanol–water partition coefficient (Wildman–Crippen LogP) is -33.0. The predicted molar refractivity (Wildman–Crippen MR) is 29.2 cm³/mol. The second kappa shape index (κ2) is 129. The minimum atomic E-state index is 0. The van der Waals surface area contributed by atoms with Crippen LogP contribution in [0.2, 0.25) is 0 Å². The van der Waals surface area contributed by atoms with Crippen LogP contribution in [0.1, 0.15) is 14.3 Å². The molecule has 0 fully saturated rings. The molecule has 5 nitrogen and oxygen atoms in total. The summed E-state index contributed by atoms with van der Waals surface area (Å²) in [6.45, 7) is 0. The standard InChI is InChI=1S/10Na.5H2O.10H/h;;;;;;;;;;5*1H2;;;;;;;;;;/q10*+1;;;;;;10*-1. The van der Waals surface area contributed by atoms with Crippen LogP contribution in [0.4, 0.5) is 0 Å². The molecule has 0 heterocycles. The molecule has 0 aromatic carbocycles. The van der Waals surface area contributed by atoms with Gasteiger partial charge in [0.1, 0.15) is 0 Å². The molecule has 0 aliphatic rings. The zero-order valence-corrected chi connectivity index (χ0v) is 32.5. The van der Waals surface area contributed by atoms with Crippen LogP contribution in [0.15, 0.2) is 0 Å². The van der Waals surface area contributed by atoms with Gasteiger partial charge < -0.3 is 41.6 Å². The summed E-state index contributed by atoms with van der Waals surface area (Å²) in [6, 6.07) is 0. The second-order valence-electron chi connectivity index (χ2n) is 0. The Morgan fingerprint density at radius 3 is 0.200 bits per heavy atom. The largest absolute Gasteiger partial charge is 1.00 e. The minimum absolute atomic E-state index is 0. The van der Waals surface area contributed by atoms with Crippen LogP contribution in [-0.2, 0) is 0 Å². The summed E-state index contributed by atoms with van der Waals surface area (Å²) < 4.78 is 0. The van der Waals surface area contributed by atoms with E-state index >= 15 is 0 Å². The van der Waals surface area contributed by atoms with Gasteiger partial charge in [-0.3, -0.25) is 0 Å². The Labute approximate surface area is 328 Å². The third-order valence-electron chi connectivity index (χ3n) is 0. The molecular formula is H20Na10O5.